The number of aryl methyl sites for hydroxylation is 1. The van der Waals surface area contributed by atoms with E-state index in [1.54, 1.807) is 17.0 Å². The van der Waals surface area contributed by atoms with E-state index in [2.05, 4.69) is 22.0 Å². The van der Waals surface area contributed by atoms with Gasteiger partial charge in [0.25, 0.3) is 5.91 Å². The average Bonchev–Trinajstić information content (AvgIpc) is 3.25. The number of carbonyl (C=O) groups excluding carboxylic acids is 1. The molecule has 1 aromatic heterocycles. The van der Waals surface area contributed by atoms with Crippen LogP contribution < -0.4 is 11.1 Å². The number of aliphatic imine (C=N–C) groups is 1. The molecule has 4 fully saturated rings. The molecule has 0 saturated heterocycles. The van der Waals surface area contributed by atoms with Crippen LogP contribution in [0, 0.1) is 35.5 Å². The average molecular weight is 408 g/mol. The second-order valence-electron chi connectivity index (χ2n) is 10.4. The first-order valence-corrected chi connectivity index (χ1v) is 11.2. The third-order valence-corrected chi connectivity index (χ3v) is 8.68. The topological polar surface area (TPSA) is 85.3 Å². The zero-order chi connectivity index (χ0) is 21.3. The third-order valence-electron chi connectivity index (χ3n) is 8.68. The first-order valence-electron chi connectivity index (χ1n) is 11.2. The Bertz CT molecular complexity index is 984. The van der Waals surface area contributed by atoms with Gasteiger partial charge in [0.2, 0.25) is 0 Å². The van der Waals surface area contributed by atoms with Crippen molar-refractivity contribution in [1.82, 2.24) is 15.1 Å². The van der Waals surface area contributed by atoms with E-state index in [4.69, 9.17) is 5.73 Å². The second kappa shape index (κ2) is 6.56. The van der Waals surface area contributed by atoms with Gasteiger partial charge in [0.1, 0.15) is 11.7 Å². The van der Waals surface area contributed by atoms with Crippen LogP contribution in [0.1, 0.15) is 68.4 Å². The molecule has 3 bridgehead atoms. The smallest absolute Gasteiger partial charge is 0.254 e. The lowest BCUT2D eigenvalue weighted by atomic mass is 9.55. The van der Waals surface area contributed by atoms with Gasteiger partial charge in [-0.2, -0.15) is 5.10 Å². The van der Waals surface area contributed by atoms with Gasteiger partial charge in [-0.05, 0) is 93.5 Å². The highest BCUT2D eigenvalue weighted by Crippen LogP contribution is 2.78. The first kappa shape index (κ1) is 19.6. The maximum absolute atomic E-state index is 13.0. The molecule has 6 nitrogen and oxygen atoms in total. The Balaban J connectivity index is 1.29. The number of fused-ring (bicyclic) bond motifs is 2. The summed E-state index contributed by atoms with van der Waals surface area (Å²) in [5, 5.41) is 7.76. The lowest BCUT2D eigenvalue weighted by Gasteiger charge is -2.49. The number of carbonyl (C=O) groups is 1. The van der Waals surface area contributed by atoms with Crippen molar-refractivity contribution < 1.29 is 4.79 Å². The standard InChI is InChI=1S/C24H33N5O/c1-5-14(2)21(25)27-16(4)29-11-20(15(3)28-29)22(30)26-13-23-8-17-6-18-7-19(10-23)24(18,9-17)12-23/h5,11,17-19H,1,6-10,12-13,25H2,2-4H3,(H,26,30)/b21-14-,27-16+. The number of aromatic nitrogens is 2. The number of allylic oxidation sites excluding steroid dienone is 2. The lowest BCUT2D eigenvalue weighted by Crippen LogP contribution is -2.43. The maximum atomic E-state index is 13.0. The summed E-state index contributed by atoms with van der Waals surface area (Å²) in [6.45, 7) is 10.1. The molecule has 1 heterocycles. The monoisotopic (exact) mass is 407 g/mol. The number of nitrogens with one attached hydrogen (secondary N) is 1. The fraction of sp³-hybridized carbons (Fsp3) is 0.625. The van der Waals surface area contributed by atoms with Gasteiger partial charge in [-0.25, -0.2) is 9.67 Å². The van der Waals surface area contributed by atoms with Crippen molar-refractivity contribution in [2.75, 3.05) is 6.54 Å². The SMILES string of the molecule is C=C/C(C)=C(N)\N=C(/C)n1cc(C(=O)NCC23CC4CC5CC(C2)C5(C4)C3)c(C)n1. The van der Waals surface area contributed by atoms with Gasteiger partial charge in [0.15, 0.2) is 0 Å². The van der Waals surface area contributed by atoms with Gasteiger partial charge in [0.05, 0.1) is 11.3 Å². The Morgan fingerprint density at radius 1 is 1.37 bits per heavy atom. The minimum absolute atomic E-state index is 0.0297. The molecule has 0 aromatic carbocycles. The van der Waals surface area contributed by atoms with Crippen LogP contribution in [-0.2, 0) is 0 Å². The summed E-state index contributed by atoms with van der Waals surface area (Å²) in [6, 6.07) is 0. The highest BCUT2D eigenvalue weighted by molar-refractivity contribution is 5.96. The molecule has 3 N–H and O–H groups in total. The molecule has 5 unspecified atom stereocenters. The molecule has 4 aliphatic carbocycles. The van der Waals surface area contributed by atoms with E-state index in [1.165, 1.54) is 38.5 Å². The summed E-state index contributed by atoms with van der Waals surface area (Å²) in [5.41, 5.74) is 9.08. The van der Waals surface area contributed by atoms with Gasteiger partial charge in [-0.3, -0.25) is 4.79 Å². The Hall–Kier alpha value is -2.37. The summed E-state index contributed by atoms with van der Waals surface area (Å²) >= 11 is 0. The molecule has 30 heavy (non-hydrogen) atoms. The van der Waals surface area contributed by atoms with Gasteiger partial charge >= 0.3 is 0 Å². The molecule has 160 valence electrons. The molecule has 1 spiro atoms. The van der Waals surface area contributed by atoms with Crippen LogP contribution in [0.15, 0.2) is 35.2 Å². The molecule has 5 rings (SSSR count). The van der Waals surface area contributed by atoms with Crippen molar-refractivity contribution in [2.24, 2.45) is 39.3 Å². The predicted molar refractivity (Wildman–Crippen MR) is 118 cm³/mol. The molecule has 4 aliphatic rings. The minimum Gasteiger partial charge on any atom is -0.383 e. The Morgan fingerprint density at radius 3 is 2.93 bits per heavy atom. The fourth-order valence-corrected chi connectivity index (χ4v) is 7.37. The van der Waals surface area contributed by atoms with Gasteiger partial charge < -0.3 is 11.1 Å². The van der Waals surface area contributed by atoms with E-state index in [-0.39, 0.29) is 5.91 Å². The summed E-state index contributed by atoms with van der Waals surface area (Å²) in [7, 11) is 0. The molecule has 1 aromatic rings. The summed E-state index contributed by atoms with van der Waals surface area (Å²) < 4.78 is 1.63. The van der Waals surface area contributed by atoms with Gasteiger partial charge in [0, 0.05) is 12.7 Å². The van der Waals surface area contributed by atoms with Crippen molar-refractivity contribution in [1.29, 1.82) is 0 Å². The number of rotatable bonds is 5. The largest absolute Gasteiger partial charge is 0.383 e. The lowest BCUT2D eigenvalue weighted by molar-refractivity contribution is -0.00254. The molecule has 4 saturated carbocycles. The van der Waals surface area contributed by atoms with Crippen LogP contribution in [0.4, 0.5) is 0 Å². The number of hydrogen-bond acceptors (Lipinski definition) is 4. The van der Waals surface area contributed by atoms with E-state index >= 15 is 0 Å². The highest BCUT2D eigenvalue weighted by Gasteiger charge is 2.70. The number of amides is 1. The molecule has 0 radical (unpaired) electrons. The van der Waals surface area contributed by atoms with E-state index < -0.39 is 0 Å². The zero-order valence-corrected chi connectivity index (χ0v) is 18.4. The number of nitrogens with two attached hydrogens (primary N) is 1. The summed E-state index contributed by atoms with van der Waals surface area (Å²) in [5.74, 6) is 3.80. The van der Waals surface area contributed by atoms with E-state index in [1.807, 2.05) is 20.8 Å². The molecular formula is C24H33N5O. The Labute approximate surface area is 178 Å². The normalized spacial score (nSPS) is 36.9. The van der Waals surface area contributed by atoms with Crippen LogP contribution >= 0.6 is 0 Å². The van der Waals surface area contributed by atoms with Crippen LogP contribution in [0.25, 0.3) is 0 Å². The Morgan fingerprint density at radius 2 is 2.17 bits per heavy atom. The quantitative estimate of drug-likeness (QED) is 0.442. The van der Waals surface area contributed by atoms with E-state index in [9.17, 15) is 4.79 Å². The van der Waals surface area contributed by atoms with Gasteiger partial charge in [-0.1, -0.05) is 12.7 Å². The van der Waals surface area contributed by atoms with Crippen LogP contribution in [0.5, 0.6) is 0 Å². The fourth-order valence-electron chi connectivity index (χ4n) is 7.37. The van der Waals surface area contributed by atoms with Crippen LogP contribution in [-0.4, -0.2) is 28.1 Å². The number of nitrogens with zero attached hydrogens (tertiary/aromatic N) is 3. The maximum Gasteiger partial charge on any atom is 0.254 e. The third kappa shape index (κ3) is 2.79. The van der Waals surface area contributed by atoms with Crippen molar-refractivity contribution in [3.8, 4) is 0 Å². The molecule has 5 atom stereocenters. The van der Waals surface area contributed by atoms with Crippen molar-refractivity contribution in [2.45, 2.75) is 59.3 Å². The molecule has 0 aliphatic heterocycles. The minimum atomic E-state index is -0.0297. The van der Waals surface area contributed by atoms with Crippen LogP contribution in [0.3, 0.4) is 0 Å². The highest BCUT2D eigenvalue weighted by atomic mass is 16.1. The van der Waals surface area contributed by atoms with Crippen LogP contribution in [0.2, 0.25) is 0 Å². The summed E-state index contributed by atoms with van der Waals surface area (Å²) in [4.78, 5) is 17.4. The number of hydrogen-bond donors (Lipinski definition) is 2. The second-order valence-corrected chi connectivity index (χ2v) is 10.4. The zero-order valence-electron chi connectivity index (χ0n) is 18.4. The summed E-state index contributed by atoms with van der Waals surface area (Å²) in [6.07, 6.45) is 11.7. The van der Waals surface area contributed by atoms with E-state index in [0.29, 0.717) is 33.7 Å². The van der Waals surface area contributed by atoms with Crippen molar-refractivity contribution >= 4 is 11.7 Å². The van der Waals surface area contributed by atoms with Gasteiger partial charge in [-0.15, -0.1) is 0 Å². The first-order chi connectivity index (χ1) is 14.2. The predicted octanol–water partition coefficient (Wildman–Crippen LogP) is 3.78. The molecular weight excluding hydrogens is 374 g/mol. The molecule has 6 heteroatoms. The molecule has 1 amide bonds. The van der Waals surface area contributed by atoms with Crippen molar-refractivity contribution in [3.63, 3.8) is 0 Å². The van der Waals surface area contributed by atoms with E-state index in [0.717, 1.165) is 29.9 Å². The Kier molecular flexibility index (Phi) is 4.28. The van der Waals surface area contributed by atoms with Crippen molar-refractivity contribution in [3.05, 3.63) is 41.5 Å².